The molecule has 1 heterocycles. The molecule has 2 aromatic rings. The van der Waals surface area contributed by atoms with E-state index in [9.17, 15) is 0 Å². The Morgan fingerprint density at radius 2 is 1.94 bits per heavy atom. The molecule has 1 aromatic heterocycles. The summed E-state index contributed by atoms with van der Waals surface area (Å²) in [5.41, 5.74) is 1.91. The maximum atomic E-state index is 9.13. The van der Waals surface area contributed by atoms with Gasteiger partial charge in [-0.15, -0.1) is 0 Å². The molecular formula is C13H13NO2. The highest BCUT2D eigenvalue weighted by molar-refractivity contribution is 5.35. The fourth-order valence-corrected chi connectivity index (χ4v) is 1.36. The molecule has 0 spiro atoms. The number of benzene rings is 1. The van der Waals surface area contributed by atoms with E-state index in [0.29, 0.717) is 5.75 Å². The Kier molecular flexibility index (Phi) is 3.17. The minimum absolute atomic E-state index is 0.0519. The largest absolute Gasteiger partial charge is 0.455 e. The number of nitrogens with zero attached hydrogens (tertiary/aromatic N) is 1. The molecule has 3 heteroatoms. The standard InChI is InChI=1S/C13H13NO2/c1-10-2-4-12(5-3-10)16-13-8-14-7-6-11(13)9-15/h2-8,15H,9H2,1H3. The van der Waals surface area contributed by atoms with Gasteiger partial charge in [-0.25, -0.2) is 0 Å². The Morgan fingerprint density at radius 1 is 1.19 bits per heavy atom. The molecule has 16 heavy (non-hydrogen) atoms. The van der Waals surface area contributed by atoms with Crippen molar-refractivity contribution in [3.63, 3.8) is 0 Å². The molecule has 0 saturated carbocycles. The lowest BCUT2D eigenvalue weighted by Crippen LogP contribution is -1.92. The summed E-state index contributed by atoms with van der Waals surface area (Å²) in [5, 5.41) is 9.13. The van der Waals surface area contributed by atoms with Crippen LogP contribution in [0.5, 0.6) is 11.5 Å². The van der Waals surface area contributed by atoms with Gasteiger partial charge in [0.2, 0.25) is 0 Å². The van der Waals surface area contributed by atoms with Crippen LogP contribution in [0.25, 0.3) is 0 Å². The number of aromatic nitrogens is 1. The van der Waals surface area contributed by atoms with Gasteiger partial charge in [0.25, 0.3) is 0 Å². The van der Waals surface area contributed by atoms with Crippen LogP contribution in [-0.2, 0) is 6.61 Å². The number of rotatable bonds is 3. The molecule has 0 aliphatic heterocycles. The average molecular weight is 215 g/mol. The molecule has 0 radical (unpaired) electrons. The quantitative estimate of drug-likeness (QED) is 0.855. The Morgan fingerprint density at radius 3 is 2.62 bits per heavy atom. The highest BCUT2D eigenvalue weighted by Gasteiger charge is 2.03. The van der Waals surface area contributed by atoms with Gasteiger partial charge in [0, 0.05) is 11.8 Å². The summed E-state index contributed by atoms with van der Waals surface area (Å²) in [6.07, 6.45) is 3.24. The smallest absolute Gasteiger partial charge is 0.151 e. The highest BCUT2D eigenvalue weighted by atomic mass is 16.5. The molecule has 0 fully saturated rings. The van der Waals surface area contributed by atoms with Crippen LogP contribution in [0.4, 0.5) is 0 Å². The van der Waals surface area contributed by atoms with Crippen molar-refractivity contribution in [1.82, 2.24) is 4.98 Å². The van der Waals surface area contributed by atoms with Crippen molar-refractivity contribution >= 4 is 0 Å². The fraction of sp³-hybridized carbons (Fsp3) is 0.154. The topological polar surface area (TPSA) is 42.4 Å². The Hall–Kier alpha value is -1.87. The SMILES string of the molecule is Cc1ccc(Oc2cnccc2CO)cc1. The number of aryl methyl sites for hydroxylation is 1. The molecule has 0 atom stereocenters. The molecule has 82 valence electrons. The van der Waals surface area contributed by atoms with Crippen molar-refractivity contribution in [3.8, 4) is 11.5 Å². The van der Waals surface area contributed by atoms with Crippen molar-refractivity contribution < 1.29 is 9.84 Å². The van der Waals surface area contributed by atoms with Crippen LogP contribution in [0.1, 0.15) is 11.1 Å². The predicted molar refractivity (Wildman–Crippen MR) is 61.4 cm³/mol. The molecule has 2 rings (SSSR count). The van der Waals surface area contributed by atoms with Gasteiger partial charge in [0.1, 0.15) is 5.75 Å². The van der Waals surface area contributed by atoms with E-state index >= 15 is 0 Å². The molecule has 0 aliphatic carbocycles. The van der Waals surface area contributed by atoms with Gasteiger partial charge in [0.15, 0.2) is 5.75 Å². The molecule has 0 unspecified atom stereocenters. The molecule has 0 bridgehead atoms. The maximum Gasteiger partial charge on any atom is 0.151 e. The van der Waals surface area contributed by atoms with Gasteiger partial charge in [-0.05, 0) is 25.1 Å². The van der Waals surface area contributed by atoms with E-state index in [2.05, 4.69) is 4.98 Å². The zero-order chi connectivity index (χ0) is 11.4. The fourth-order valence-electron chi connectivity index (χ4n) is 1.36. The summed E-state index contributed by atoms with van der Waals surface area (Å²) in [4.78, 5) is 3.97. The molecule has 1 aromatic carbocycles. The summed E-state index contributed by atoms with van der Waals surface area (Å²) in [6, 6.07) is 9.48. The van der Waals surface area contributed by atoms with E-state index in [-0.39, 0.29) is 6.61 Å². The lowest BCUT2D eigenvalue weighted by atomic mass is 10.2. The van der Waals surface area contributed by atoms with Gasteiger partial charge in [-0.2, -0.15) is 0 Å². The van der Waals surface area contributed by atoms with Crippen molar-refractivity contribution in [1.29, 1.82) is 0 Å². The number of aliphatic hydroxyl groups excluding tert-OH is 1. The third-order valence-electron chi connectivity index (χ3n) is 2.29. The second-order valence-electron chi connectivity index (χ2n) is 3.56. The minimum Gasteiger partial charge on any atom is -0.455 e. The average Bonchev–Trinajstić information content (AvgIpc) is 2.33. The first-order valence-corrected chi connectivity index (χ1v) is 5.08. The van der Waals surface area contributed by atoms with Gasteiger partial charge in [-0.3, -0.25) is 4.98 Å². The summed E-state index contributed by atoms with van der Waals surface area (Å²) >= 11 is 0. The first-order valence-electron chi connectivity index (χ1n) is 5.08. The van der Waals surface area contributed by atoms with Crippen molar-refractivity contribution in [3.05, 3.63) is 53.9 Å². The molecule has 0 saturated heterocycles. The molecule has 0 amide bonds. The Bertz CT molecular complexity index is 466. The second-order valence-corrected chi connectivity index (χ2v) is 3.56. The van der Waals surface area contributed by atoms with Crippen LogP contribution in [0.3, 0.4) is 0 Å². The lowest BCUT2D eigenvalue weighted by molar-refractivity contribution is 0.276. The van der Waals surface area contributed by atoms with Gasteiger partial charge >= 0.3 is 0 Å². The molecule has 1 N–H and O–H groups in total. The number of hydrogen-bond acceptors (Lipinski definition) is 3. The minimum atomic E-state index is -0.0519. The molecule has 0 aliphatic rings. The summed E-state index contributed by atoms with van der Waals surface area (Å²) < 4.78 is 5.63. The maximum absolute atomic E-state index is 9.13. The molecule has 3 nitrogen and oxygen atoms in total. The summed E-state index contributed by atoms with van der Waals surface area (Å²) in [5.74, 6) is 1.34. The first-order chi connectivity index (χ1) is 7.79. The van der Waals surface area contributed by atoms with Crippen molar-refractivity contribution in [2.24, 2.45) is 0 Å². The van der Waals surface area contributed by atoms with Gasteiger partial charge < -0.3 is 9.84 Å². The number of pyridine rings is 1. The van der Waals surface area contributed by atoms with E-state index in [1.807, 2.05) is 31.2 Å². The third-order valence-corrected chi connectivity index (χ3v) is 2.29. The number of ether oxygens (including phenoxy) is 1. The first kappa shape index (κ1) is 10.6. The number of aliphatic hydroxyl groups is 1. The molecular weight excluding hydrogens is 202 g/mol. The van der Waals surface area contributed by atoms with E-state index in [0.717, 1.165) is 11.3 Å². The lowest BCUT2D eigenvalue weighted by Gasteiger charge is -2.08. The monoisotopic (exact) mass is 215 g/mol. The van der Waals surface area contributed by atoms with Crippen molar-refractivity contribution in [2.45, 2.75) is 13.5 Å². The zero-order valence-corrected chi connectivity index (χ0v) is 9.05. The summed E-state index contributed by atoms with van der Waals surface area (Å²) in [7, 11) is 0. The summed E-state index contributed by atoms with van der Waals surface area (Å²) in [6.45, 7) is 1.97. The van der Waals surface area contributed by atoms with Crippen LogP contribution in [0.15, 0.2) is 42.7 Å². The predicted octanol–water partition coefficient (Wildman–Crippen LogP) is 2.67. The normalized spacial score (nSPS) is 10.1. The van der Waals surface area contributed by atoms with Crippen LogP contribution in [0, 0.1) is 6.92 Å². The zero-order valence-electron chi connectivity index (χ0n) is 9.05. The third kappa shape index (κ3) is 2.38. The van der Waals surface area contributed by atoms with Crippen LogP contribution in [-0.4, -0.2) is 10.1 Å². The highest BCUT2D eigenvalue weighted by Crippen LogP contribution is 2.24. The van der Waals surface area contributed by atoms with Gasteiger partial charge in [-0.1, -0.05) is 17.7 Å². The van der Waals surface area contributed by atoms with Crippen LogP contribution >= 0.6 is 0 Å². The van der Waals surface area contributed by atoms with E-state index < -0.39 is 0 Å². The van der Waals surface area contributed by atoms with E-state index in [1.54, 1.807) is 18.5 Å². The van der Waals surface area contributed by atoms with Crippen LogP contribution in [0.2, 0.25) is 0 Å². The van der Waals surface area contributed by atoms with Crippen molar-refractivity contribution in [2.75, 3.05) is 0 Å². The van der Waals surface area contributed by atoms with E-state index in [4.69, 9.17) is 9.84 Å². The van der Waals surface area contributed by atoms with E-state index in [1.165, 1.54) is 5.56 Å². The van der Waals surface area contributed by atoms with Crippen LogP contribution < -0.4 is 4.74 Å². The number of hydrogen-bond donors (Lipinski definition) is 1. The Labute approximate surface area is 94.3 Å². The Balaban J connectivity index is 2.23. The van der Waals surface area contributed by atoms with Gasteiger partial charge in [0.05, 0.1) is 12.8 Å². The second kappa shape index (κ2) is 4.77.